The van der Waals surface area contributed by atoms with Gasteiger partial charge in [-0.1, -0.05) is 13.3 Å². The van der Waals surface area contributed by atoms with Crippen molar-refractivity contribution in [3.8, 4) is 0 Å². The van der Waals surface area contributed by atoms with Crippen LogP contribution >= 0.6 is 0 Å². The first kappa shape index (κ1) is 9.32. The predicted octanol–water partition coefficient (Wildman–Crippen LogP) is 1.21. The maximum absolute atomic E-state index is 11.1. The second kappa shape index (κ2) is 4.98. The molecule has 1 aliphatic rings. The fourth-order valence-corrected chi connectivity index (χ4v) is 0.953. The molecule has 0 unspecified atom stereocenters. The molecule has 0 radical (unpaired) electrons. The molecule has 0 bridgehead atoms. The number of ether oxygens (including phenoxy) is 2. The second-order valence-corrected chi connectivity index (χ2v) is 2.77. The van der Waals surface area contributed by atoms with Gasteiger partial charge in [-0.25, -0.2) is 4.79 Å². The molecular weight excluding hydrogens is 158 g/mol. The molecule has 0 spiro atoms. The molecule has 1 heterocycles. The lowest BCUT2D eigenvalue weighted by Gasteiger charge is -2.12. The van der Waals surface area contributed by atoms with Crippen LogP contribution in [-0.4, -0.2) is 37.5 Å². The normalized spacial score (nSPS) is 16.6. The summed E-state index contributed by atoms with van der Waals surface area (Å²) in [5, 5.41) is 0. The van der Waals surface area contributed by atoms with Crippen molar-refractivity contribution in [3.63, 3.8) is 0 Å². The Kier molecular flexibility index (Phi) is 3.87. The summed E-state index contributed by atoms with van der Waals surface area (Å²) in [7, 11) is 0. The van der Waals surface area contributed by atoms with Gasteiger partial charge in [0.15, 0.2) is 0 Å². The lowest BCUT2D eigenvalue weighted by atomic mass is 10.4. The van der Waals surface area contributed by atoms with Gasteiger partial charge in [-0.2, -0.15) is 0 Å². The summed E-state index contributed by atoms with van der Waals surface area (Å²) in [6, 6.07) is 0. The first-order chi connectivity index (χ1) is 5.84. The summed E-state index contributed by atoms with van der Waals surface area (Å²) in [4.78, 5) is 12.7. The van der Waals surface area contributed by atoms with Gasteiger partial charge in [0.1, 0.15) is 6.73 Å². The van der Waals surface area contributed by atoms with Gasteiger partial charge >= 0.3 is 6.09 Å². The monoisotopic (exact) mass is 173 g/mol. The van der Waals surface area contributed by atoms with Crippen molar-refractivity contribution in [2.24, 2.45) is 0 Å². The highest BCUT2D eigenvalue weighted by atomic mass is 16.6. The molecule has 12 heavy (non-hydrogen) atoms. The van der Waals surface area contributed by atoms with E-state index in [1.165, 1.54) is 0 Å². The molecule has 0 aliphatic carbocycles. The number of carbonyl (C=O) groups excluding carboxylic acids is 1. The molecule has 1 amide bonds. The van der Waals surface area contributed by atoms with Crippen molar-refractivity contribution < 1.29 is 14.3 Å². The Labute approximate surface area is 72.4 Å². The fraction of sp³-hybridized carbons (Fsp3) is 0.875. The van der Waals surface area contributed by atoms with Crippen molar-refractivity contribution in [2.45, 2.75) is 19.8 Å². The third kappa shape index (κ3) is 2.70. The molecular formula is C8H15NO3. The highest BCUT2D eigenvalue weighted by Gasteiger charge is 2.18. The molecule has 4 nitrogen and oxygen atoms in total. The average Bonchev–Trinajstić information content (AvgIpc) is 2.56. The fourth-order valence-electron chi connectivity index (χ4n) is 0.953. The highest BCUT2D eigenvalue weighted by Crippen LogP contribution is 2.02. The molecule has 70 valence electrons. The summed E-state index contributed by atoms with van der Waals surface area (Å²) < 4.78 is 9.98. The Morgan fingerprint density at radius 3 is 3.08 bits per heavy atom. The SMILES string of the molecule is CCCCOC(=O)N1CCOC1. The lowest BCUT2D eigenvalue weighted by Crippen LogP contribution is -2.29. The Morgan fingerprint density at radius 2 is 2.50 bits per heavy atom. The molecule has 0 N–H and O–H groups in total. The van der Waals surface area contributed by atoms with Gasteiger partial charge in [-0.15, -0.1) is 0 Å². The predicted molar refractivity (Wildman–Crippen MR) is 43.8 cm³/mol. The van der Waals surface area contributed by atoms with E-state index in [4.69, 9.17) is 9.47 Å². The van der Waals surface area contributed by atoms with Crippen LogP contribution < -0.4 is 0 Å². The summed E-state index contributed by atoms with van der Waals surface area (Å²) >= 11 is 0. The lowest BCUT2D eigenvalue weighted by molar-refractivity contribution is 0.0857. The number of hydrogen-bond acceptors (Lipinski definition) is 3. The summed E-state index contributed by atoms with van der Waals surface area (Å²) in [6.45, 7) is 4.25. The average molecular weight is 173 g/mol. The molecule has 1 fully saturated rings. The largest absolute Gasteiger partial charge is 0.449 e. The van der Waals surface area contributed by atoms with E-state index in [1.54, 1.807) is 4.90 Å². The van der Waals surface area contributed by atoms with E-state index in [0.29, 0.717) is 26.5 Å². The van der Waals surface area contributed by atoms with E-state index in [2.05, 4.69) is 6.92 Å². The summed E-state index contributed by atoms with van der Waals surface area (Å²) in [5.41, 5.74) is 0. The Hall–Kier alpha value is -0.770. The zero-order valence-electron chi connectivity index (χ0n) is 7.41. The van der Waals surface area contributed by atoms with E-state index in [0.717, 1.165) is 12.8 Å². The molecule has 0 aromatic rings. The molecule has 0 aromatic heterocycles. The van der Waals surface area contributed by atoms with Gasteiger partial charge < -0.3 is 9.47 Å². The van der Waals surface area contributed by atoms with Gasteiger partial charge in [-0.3, -0.25) is 4.90 Å². The van der Waals surface area contributed by atoms with Crippen LogP contribution in [0.3, 0.4) is 0 Å². The molecule has 0 saturated carbocycles. The maximum Gasteiger partial charge on any atom is 0.411 e. The first-order valence-electron chi connectivity index (χ1n) is 4.34. The third-order valence-electron chi connectivity index (χ3n) is 1.73. The van der Waals surface area contributed by atoms with Crippen LogP contribution in [0, 0.1) is 0 Å². The van der Waals surface area contributed by atoms with Crippen LogP contribution in [-0.2, 0) is 9.47 Å². The van der Waals surface area contributed by atoms with Crippen LogP contribution in [0.4, 0.5) is 4.79 Å². The van der Waals surface area contributed by atoms with Crippen LogP contribution in [0.15, 0.2) is 0 Å². The Morgan fingerprint density at radius 1 is 1.67 bits per heavy atom. The number of hydrogen-bond donors (Lipinski definition) is 0. The molecule has 1 aliphatic heterocycles. The summed E-state index contributed by atoms with van der Waals surface area (Å²) in [6.07, 6.45) is 1.73. The minimum atomic E-state index is -0.249. The van der Waals surface area contributed by atoms with Gasteiger partial charge in [0.25, 0.3) is 0 Å². The number of carbonyl (C=O) groups is 1. The highest BCUT2D eigenvalue weighted by molar-refractivity contribution is 5.67. The zero-order chi connectivity index (χ0) is 8.81. The Balaban J connectivity index is 2.10. The topological polar surface area (TPSA) is 38.8 Å². The second-order valence-electron chi connectivity index (χ2n) is 2.77. The van der Waals surface area contributed by atoms with Gasteiger partial charge in [0.2, 0.25) is 0 Å². The van der Waals surface area contributed by atoms with Crippen molar-refractivity contribution in [1.29, 1.82) is 0 Å². The van der Waals surface area contributed by atoms with E-state index < -0.39 is 0 Å². The minimum absolute atomic E-state index is 0.249. The van der Waals surface area contributed by atoms with Crippen LogP contribution in [0.25, 0.3) is 0 Å². The maximum atomic E-state index is 11.1. The van der Waals surface area contributed by atoms with Crippen molar-refractivity contribution >= 4 is 6.09 Å². The minimum Gasteiger partial charge on any atom is -0.449 e. The van der Waals surface area contributed by atoms with E-state index in [9.17, 15) is 4.79 Å². The molecule has 1 saturated heterocycles. The van der Waals surface area contributed by atoms with Crippen LogP contribution in [0.2, 0.25) is 0 Å². The molecule has 0 atom stereocenters. The standard InChI is InChI=1S/C8H15NO3/c1-2-3-5-12-8(10)9-4-6-11-7-9/h2-7H2,1H3. The zero-order valence-corrected chi connectivity index (χ0v) is 7.41. The number of unbranched alkanes of at least 4 members (excludes halogenated alkanes) is 1. The van der Waals surface area contributed by atoms with E-state index in [1.807, 2.05) is 0 Å². The number of rotatable bonds is 3. The summed E-state index contributed by atoms with van der Waals surface area (Å²) in [5.74, 6) is 0. The van der Waals surface area contributed by atoms with Crippen molar-refractivity contribution in [1.82, 2.24) is 4.90 Å². The van der Waals surface area contributed by atoms with Gasteiger partial charge in [-0.05, 0) is 6.42 Å². The smallest absolute Gasteiger partial charge is 0.411 e. The van der Waals surface area contributed by atoms with Crippen molar-refractivity contribution in [2.75, 3.05) is 26.5 Å². The Bertz CT molecular complexity index is 143. The third-order valence-corrected chi connectivity index (χ3v) is 1.73. The van der Waals surface area contributed by atoms with Gasteiger partial charge in [0.05, 0.1) is 13.2 Å². The number of nitrogens with zero attached hydrogens (tertiary/aromatic N) is 1. The number of amides is 1. The first-order valence-corrected chi connectivity index (χ1v) is 4.34. The van der Waals surface area contributed by atoms with Crippen LogP contribution in [0.5, 0.6) is 0 Å². The molecule has 1 rings (SSSR count). The van der Waals surface area contributed by atoms with E-state index in [-0.39, 0.29) is 6.09 Å². The van der Waals surface area contributed by atoms with E-state index >= 15 is 0 Å². The van der Waals surface area contributed by atoms with Crippen LogP contribution in [0.1, 0.15) is 19.8 Å². The molecule has 4 heteroatoms. The van der Waals surface area contributed by atoms with Gasteiger partial charge in [0, 0.05) is 6.54 Å². The molecule has 0 aromatic carbocycles. The quantitative estimate of drug-likeness (QED) is 0.602. The van der Waals surface area contributed by atoms with Crippen molar-refractivity contribution in [3.05, 3.63) is 0 Å².